The second-order valence-corrected chi connectivity index (χ2v) is 4.99. The Balaban J connectivity index is 2.49. The molecule has 15 heavy (non-hydrogen) atoms. The third-order valence-electron chi connectivity index (χ3n) is 3.43. The molecule has 0 radical (unpaired) electrons. The summed E-state index contributed by atoms with van der Waals surface area (Å²) in [6.07, 6.45) is 1.19. The molecule has 0 aromatic carbocycles. The zero-order chi connectivity index (χ0) is 11.3. The molecule has 1 fully saturated rings. The topological polar surface area (TPSA) is 24.5 Å². The molecule has 1 atom stereocenters. The fourth-order valence-electron chi connectivity index (χ4n) is 1.99. The van der Waals surface area contributed by atoms with E-state index in [0.717, 1.165) is 32.8 Å². The Morgan fingerprint density at radius 3 is 2.40 bits per heavy atom. The average molecular weight is 214 g/mol. The van der Waals surface area contributed by atoms with Gasteiger partial charge in [0.05, 0.1) is 13.2 Å². The first-order chi connectivity index (χ1) is 7.08. The monoisotopic (exact) mass is 214 g/mol. The smallest absolute Gasteiger partial charge is 0.0594 e. The molecule has 1 aliphatic rings. The minimum Gasteiger partial charge on any atom is -0.379 e. The van der Waals surface area contributed by atoms with E-state index in [2.05, 4.69) is 37.9 Å². The molecule has 1 aliphatic heterocycles. The molecule has 3 nitrogen and oxygen atoms in total. The molecule has 0 aromatic heterocycles. The van der Waals surface area contributed by atoms with Gasteiger partial charge in [0.15, 0.2) is 0 Å². The first kappa shape index (κ1) is 12.9. The van der Waals surface area contributed by atoms with E-state index in [1.165, 1.54) is 6.42 Å². The fraction of sp³-hybridized carbons (Fsp3) is 1.00. The van der Waals surface area contributed by atoms with E-state index in [-0.39, 0.29) is 5.54 Å². The van der Waals surface area contributed by atoms with Gasteiger partial charge >= 0.3 is 0 Å². The number of morpholine rings is 1. The molecule has 0 aromatic rings. The average Bonchev–Trinajstić information content (AvgIpc) is 2.27. The number of nitrogens with one attached hydrogen (secondary N) is 1. The zero-order valence-corrected chi connectivity index (χ0v) is 10.7. The van der Waals surface area contributed by atoms with E-state index in [9.17, 15) is 0 Å². The third kappa shape index (κ3) is 3.74. The number of ether oxygens (including phenoxy) is 1. The molecular formula is C12H26N2O. The summed E-state index contributed by atoms with van der Waals surface area (Å²) in [5, 5.41) is 3.55. The predicted molar refractivity (Wildman–Crippen MR) is 64.2 cm³/mol. The molecule has 0 saturated carbocycles. The van der Waals surface area contributed by atoms with Crippen molar-refractivity contribution in [1.29, 1.82) is 0 Å². The lowest BCUT2D eigenvalue weighted by atomic mass is 9.95. The van der Waals surface area contributed by atoms with E-state index >= 15 is 0 Å². The zero-order valence-electron chi connectivity index (χ0n) is 10.7. The molecule has 1 rings (SSSR count). The third-order valence-corrected chi connectivity index (χ3v) is 3.43. The van der Waals surface area contributed by atoms with Crippen molar-refractivity contribution in [1.82, 2.24) is 10.2 Å². The lowest BCUT2D eigenvalue weighted by Crippen LogP contribution is -2.56. The molecule has 3 heteroatoms. The van der Waals surface area contributed by atoms with Gasteiger partial charge in [0.2, 0.25) is 0 Å². The lowest BCUT2D eigenvalue weighted by Gasteiger charge is -2.43. The molecule has 0 bridgehead atoms. The maximum atomic E-state index is 5.40. The molecule has 0 amide bonds. The Hall–Kier alpha value is -0.120. The van der Waals surface area contributed by atoms with Crippen molar-refractivity contribution in [3.63, 3.8) is 0 Å². The lowest BCUT2D eigenvalue weighted by molar-refractivity contribution is -0.0179. The molecule has 1 saturated heterocycles. The van der Waals surface area contributed by atoms with Crippen LogP contribution in [0.3, 0.4) is 0 Å². The first-order valence-electron chi connectivity index (χ1n) is 6.14. The van der Waals surface area contributed by atoms with Gasteiger partial charge in [-0.25, -0.2) is 0 Å². The molecular weight excluding hydrogens is 188 g/mol. The molecule has 1 N–H and O–H groups in total. The molecule has 0 aliphatic carbocycles. The van der Waals surface area contributed by atoms with Crippen LogP contribution in [0.15, 0.2) is 0 Å². The van der Waals surface area contributed by atoms with Crippen LogP contribution in [0.1, 0.15) is 34.1 Å². The van der Waals surface area contributed by atoms with Gasteiger partial charge in [-0.1, -0.05) is 20.8 Å². The quantitative estimate of drug-likeness (QED) is 0.750. The number of hydrogen-bond donors (Lipinski definition) is 1. The van der Waals surface area contributed by atoms with Crippen LogP contribution in [0, 0.1) is 0 Å². The van der Waals surface area contributed by atoms with Crippen LogP contribution in [0.5, 0.6) is 0 Å². The normalized spacial score (nSPS) is 23.0. The van der Waals surface area contributed by atoms with E-state index in [0.29, 0.717) is 6.04 Å². The second kappa shape index (κ2) is 5.83. The minimum absolute atomic E-state index is 0.286. The van der Waals surface area contributed by atoms with Gasteiger partial charge in [0.25, 0.3) is 0 Å². The number of rotatable bonds is 5. The van der Waals surface area contributed by atoms with E-state index in [4.69, 9.17) is 4.74 Å². The van der Waals surface area contributed by atoms with Crippen LogP contribution in [0.2, 0.25) is 0 Å². The second-order valence-electron chi connectivity index (χ2n) is 4.99. The van der Waals surface area contributed by atoms with Crippen LogP contribution in [0.4, 0.5) is 0 Å². The van der Waals surface area contributed by atoms with E-state index in [1.54, 1.807) is 0 Å². The Morgan fingerprint density at radius 1 is 1.33 bits per heavy atom. The van der Waals surface area contributed by atoms with Crippen LogP contribution in [-0.4, -0.2) is 49.3 Å². The van der Waals surface area contributed by atoms with Crippen molar-refractivity contribution in [2.24, 2.45) is 0 Å². The van der Waals surface area contributed by atoms with Crippen molar-refractivity contribution in [2.75, 3.05) is 32.8 Å². The first-order valence-corrected chi connectivity index (χ1v) is 6.14. The van der Waals surface area contributed by atoms with Gasteiger partial charge in [-0.15, -0.1) is 0 Å². The Morgan fingerprint density at radius 2 is 1.93 bits per heavy atom. The van der Waals surface area contributed by atoms with Crippen molar-refractivity contribution in [3.8, 4) is 0 Å². The van der Waals surface area contributed by atoms with Crippen molar-refractivity contribution in [3.05, 3.63) is 0 Å². The summed E-state index contributed by atoms with van der Waals surface area (Å²) in [4.78, 5) is 2.56. The van der Waals surface area contributed by atoms with Gasteiger partial charge in [-0.2, -0.15) is 0 Å². The van der Waals surface area contributed by atoms with Gasteiger partial charge < -0.3 is 10.1 Å². The van der Waals surface area contributed by atoms with Crippen LogP contribution >= 0.6 is 0 Å². The summed E-state index contributed by atoms with van der Waals surface area (Å²) in [6, 6.07) is 0.567. The van der Waals surface area contributed by atoms with Gasteiger partial charge in [-0.05, 0) is 13.3 Å². The van der Waals surface area contributed by atoms with Gasteiger partial charge in [-0.3, -0.25) is 4.90 Å². The maximum absolute atomic E-state index is 5.40. The minimum atomic E-state index is 0.286. The fourth-order valence-corrected chi connectivity index (χ4v) is 1.99. The molecule has 90 valence electrons. The standard InChI is InChI=1S/C12H26N2O/c1-5-12(4,10-13-11(2)3)14-6-8-15-9-7-14/h11,13H,5-10H2,1-4H3. The summed E-state index contributed by atoms with van der Waals surface area (Å²) >= 11 is 0. The van der Waals surface area contributed by atoms with E-state index < -0.39 is 0 Å². The molecule has 0 spiro atoms. The highest BCUT2D eigenvalue weighted by Crippen LogP contribution is 2.19. The van der Waals surface area contributed by atoms with Gasteiger partial charge in [0, 0.05) is 31.2 Å². The summed E-state index contributed by atoms with van der Waals surface area (Å²) in [5.74, 6) is 0. The maximum Gasteiger partial charge on any atom is 0.0594 e. The van der Waals surface area contributed by atoms with E-state index in [1.807, 2.05) is 0 Å². The number of hydrogen-bond acceptors (Lipinski definition) is 3. The SMILES string of the molecule is CCC(C)(CNC(C)C)N1CCOCC1. The van der Waals surface area contributed by atoms with Crippen molar-refractivity contribution in [2.45, 2.75) is 45.7 Å². The van der Waals surface area contributed by atoms with Crippen LogP contribution in [0.25, 0.3) is 0 Å². The summed E-state index contributed by atoms with van der Waals surface area (Å²) in [6.45, 7) is 14.0. The molecule has 1 heterocycles. The Bertz CT molecular complexity index is 178. The summed E-state index contributed by atoms with van der Waals surface area (Å²) < 4.78 is 5.40. The Labute approximate surface area is 94.2 Å². The highest BCUT2D eigenvalue weighted by atomic mass is 16.5. The van der Waals surface area contributed by atoms with Crippen molar-refractivity contribution >= 4 is 0 Å². The summed E-state index contributed by atoms with van der Waals surface area (Å²) in [7, 11) is 0. The Kier molecular flexibility index (Phi) is 5.03. The van der Waals surface area contributed by atoms with Crippen LogP contribution in [-0.2, 0) is 4.74 Å². The largest absolute Gasteiger partial charge is 0.379 e. The van der Waals surface area contributed by atoms with Crippen LogP contribution < -0.4 is 5.32 Å². The van der Waals surface area contributed by atoms with Gasteiger partial charge in [0.1, 0.15) is 0 Å². The highest BCUT2D eigenvalue weighted by molar-refractivity contribution is 4.88. The summed E-state index contributed by atoms with van der Waals surface area (Å²) in [5.41, 5.74) is 0.286. The molecule has 1 unspecified atom stereocenters. The predicted octanol–water partition coefficient (Wildman–Crippen LogP) is 1.49. The van der Waals surface area contributed by atoms with Crippen molar-refractivity contribution < 1.29 is 4.74 Å². The highest BCUT2D eigenvalue weighted by Gasteiger charge is 2.30. The number of nitrogens with zero attached hydrogens (tertiary/aromatic N) is 1.